The molecule has 0 N–H and O–H groups in total. The summed E-state index contributed by atoms with van der Waals surface area (Å²) in [6.45, 7) is 3.85. The lowest BCUT2D eigenvalue weighted by Crippen LogP contribution is -2.50. The Labute approximate surface area is 245 Å². The van der Waals surface area contributed by atoms with Crippen LogP contribution in [0.15, 0.2) is 69.6 Å². The Morgan fingerprint density at radius 1 is 0.976 bits per heavy atom. The van der Waals surface area contributed by atoms with Crippen LogP contribution >= 0.6 is 0 Å². The summed E-state index contributed by atoms with van der Waals surface area (Å²) in [7, 11) is -4.92. The molecule has 42 heavy (non-hydrogen) atoms. The van der Waals surface area contributed by atoms with Gasteiger partial charge in [0.15, 0.2) is 0 Å². The van der Waals surface area contributed by atoms with Crippen molar-refractivity contribution in [2.45, 2.75) is 36.2 Å². The SMILES string of the molecule is [2H]C([2H])([2H])n1cc(-c2ccc3ncnc(N4CCN(C(=O)OC(C)(C)C)CC4)c3c2)cc(S(=O)(=O)c2ccc(F)cc2F)c1=O. The zero-order chi connectivity index (χ0) is 32.9. The van der Waals surface area contributed by atoms with Gasteiger partial charge in [-0.3, -0.25) is 4.79 Å². The highest BCUT2D eigenvalue weighted by Gasteiger charge is 2.28. The molecule has 220 valence electrons. The lowest BCUT2D eigenvalue weighted by molar-refractivity contribution is 0.0240. The highest BCUT2D eigenvalue weighted by molar-refractivity contribution is 7.91. The molecule has 1 aliphatic heterocycles. The fourth-order valence-corrected chi connectivity index (χ4v) is 6.03. The standard InChI is InChI=1S/C29H29F2N5O5S/c1-29(2,3)41-28(38)36-11-9-35(10-12-36)26-21-13-18(5-7-23(21)32-17-33-26)19-14-25(27(37)34(4)16-19)42(39,40)24-8-6-20(30)15-22(24)31/h5-8,13-17H,9-12H2,1-4H3/i4D3. The molecule has 1 aliphatic rings. The van der Waals surface area contributed by atoms with Crippen molar-refractivity contribution in [1.29, 1.82) is 0 Å². The first-order valence-electron chi connectivity index (χ1n) is 14.4. The third-order valence-electron chi connectivity index (χ3n) is 6.64. The molecule has 0 atom stereocenters. The number of hydrogen-bond donors (Lipinski definition) is 0. The number of benzene rings is 2. The maximum absolute atomic E-state index is 14.6. The summed E-state index contributed by atoms with van der Waals surface area (Å²) in [5.74, 6) is -1.93. The fourth-order valence-electron chi connectivity index (χ4n) is 4.62. The molecule has 1 amide bonds. The van der Waals surface area contributed by atoms with Gasteiger partial charge in [0.1, 0.15) is 39.2 Å². The molecule has 4 aromatic rings. The van der Waals surface area contributed by atoms with Crippen molar-refractivity contribution >= 4 is 32.7 Å². The summed E-state index contributed by atoms with van der Waals surface area (Å²) in [6, 6.07) is 7.55. The first-order valence-corrected chi connectivity index (χ1v) is 14.4. The number of aryl methyl sites for hydroxylation is 1. The van der Waals surface area contributed by atoms with Crippen LogP contribution in [-0.2, 0) is 21.5 Å². The van der Waals surface area contributed by atoms with E-state index in [1.807, 2.05) is 4.90 Å². The molecule has 0 saturated carbocycles. The van der Waals surface area contributed by atoms with Crippen molar-refractivity contribution in [2.75, 3.05) is 31.1 Å². The highest BCUT2D eigenvalue weighted by Crippen LogP contribution is 2.31. The summed E-state index contributed by atoms with van der Waals surface area (Å²) in [5.41, 5.74) is -1.15. The normalized spacial score (nSPS) is 15.7. The Morgan fingerprint density at radius 3 is 2.38 bits per heavy atom. The zero-order valence-electron chi connectivity index (χ0n) is 26.0. The monoisotopic (exact) mass is 600 g/mol. The molecule has 3 heterocycles. The number of carbonyl (C=O) groups is 1. The molecular weight excluding hydrogens is 568 g/mol. The number of rotatable bonds is 4. The second-order valence-electron chi connectivity index (χ2n) is 10.7. The molecule has 2 aromatic heterocycles. The van der Waals surface area contributed by atoms with Crippen LogP contribution in [0.1, 0.15) is 24.9 Å². The van der Waals surface area contributed by atoms with Crippen LogP contribution in [0.25, 0.3) is 22.0 Å². The Kier molecular flexibility index (Phi) is 6.50. The van der Waals surface area contributed by atoms with Gasteiger partial charge in [-0.1, -0.05) is 6.07 Å². The molecule has 0 radical (unpaired) electrons. The van der Waals surface area contributed by atoms with Crippen LogP contribution < -0.4 is 10.5 Å². The summed E-state index contributed by atoms with van der Waals surface area (Å²) >= 11 is 0. The average molecular weight is 601 g/mol. The molecule has 13 heteroatoms. The Morgan fingerprint density at radius 2 is 1.71 bits per heavy atom. The number of pyridine rings is 1. The van der Waals surface area contributed by atoms with Crippen LogP contribution in [0.5, 0.6) is 0 Å². The summed E-state index contributed by atoms with van der Waals surface area (Å²) < 4.78 is 84.3. The second kappa shape index (κ2) is 10.8. The average Bonchev–Trinajstić information content (AvgIpc) is 2.95. The number of anilines is 1. The number of aromatic nitrogens is 3. The minimum atomic E-state index is -4.92. The van der Waals surface area contributed by atoms with Gasteiger partial charge in [0.25, 0.3) is 5.56 Å². The Hall–Kier alpha value is -4.39. The van der Waals surface area contributed by atoms with Crippen LogP contribution in [0.4, 0.5) is 19.4 Å². The van der Waals surface area contributed by atoms with Gasteiger partial charge in [0.2, 0.25) is 9.84 Å². The van der Waals surface area contributed by atoms with E-state index in [0.717, 1.165) is 18.3 Å². The molecule has 0 spiro atoms. The van der Waals surface area contributed by atoms with Gasteiger partial charge in [0, 0.05) is 54.9 Å². The number of piperazine rings is 1. The van der Waals surface area contributed by atoms with E-state index >= 15 is 0 Å². The van der Waals surface area contributed by atoms with Gasteiger partial charge < -0.3 is 19.1 Å². The van der Waals surface area contributed by atoms with Gasteiger partial charge in [-0.25, -0.2) is 32.0 Å². The molecule has 2 aromatic carbocycles. The lowest BCUT2D eigenvalue weighted by atomic mass is 10.0. The van der Waals surface area contributed by atoms with E-state index in [9.17, 15) is 26.8 Å². The number of hydrogen-bond acceptors (Lipinski definition) is 8. The zero-order valence-corrected chi connectivity index (χ0v) is 23.8. The van der Waals surface area contributed by atoms with E-state index in [0.29, 0.717) is 65.2 Å². The van der Waals surface area contributed by atoms with Gasteiger partial charge in [-0.2, -0.15) is 0 Å². The minimum absolute atomic E-state index is 0.0262. The molecule has 0 bridgehead atoms. The van der Waals surface area contributed by atoms with Gasteiger partial charge in [0.05, 0.1) is 5.52 Å². The van der Waals surface area contributed by atoms with E-state index < -0.39 is 55.5 Å². The Bertz CT molecular complexity index is 1970. The predicted octanol–water partition coefficient (Wildman–Crippen LogP) is 4.16. The second-order valence-corrected chi connectivity index (χ2v) is 12.6. The molecule has 0 aliphatic carbocycles. The molecule has 1 fully saturated rings. The molecule has 5 rings (SSSR count). The van der Waals surface area contributed by atoms with Crippen molar-refractivity contribution in [3.05, 3.63) is 77.0 Å². The summed E-state index contributed by atoms with van der Waals surface area (Å²) in [6.07, 6.45) is 1.96. The van der Waals surface area contributed by atoms with Crippen molar-refractivity contribution in [3.63, 3.8) is 0 Å². The summed E-state index contributed by atoms with van der Waals surface area (Å²) in [5, 5.41) is 0.543. The minimum Gasteiger partial charge on any atom is -0.444 e. The van der Waals surface area contributed by atoms with Crippen LogP contribution in [0.2, 0.25) is 0 Å². The predicted molar refractivity (Wildman–Crippen MR) is 152 cm³/mol. The third kappa shape index (κ3) is 5.69. The van der Waals surface area contributed by atoms with Gasteiger partial charge in [-0.15, -0.1) is 0 Å². The van der Waals surface area contributed by atoms with Crippen molar-refractivity contribution in [2.24, 2.45) is 6.98 Å². The van der Waals surface area contributed by atoms with E-state index in [1.54, 1.807) is 43.9 Å². The number of nitrogens with zero attached hydrogens (tertiary/aromatic N) is 5. The first kappa shape index (κ1) is 25.3. The van der Waals surface area contributed by atoms with E-state index in [2.05, 4.69) is 9.97 Å². The maximum Gasteiger partial charge on any atom is 0.410 e. The van der Waals surface area contributed by atoms with Crippen LogP contribution in [0.3, 0.4) is 0 Å². The molecule has 0 unspecified atom stereocenters. The smallest absolute Gasteiger partial charge is 0.410 e. The van der Waals surface area contributed by atoms with E-state index in [1.165, 1.54) is 6.33 Å². The largest absolute Gasteiger partial charge is 0.444 e. The third-order valence-corrected chi connectivity index (χ3v) is 8.42. The number of sulfone groups is 1. The molecule has 10 nitrogen and oxygen atoms in total. The molecular formula is C29H29F2N5O5S. The lowest BCUT2D eigenvalue weighted by Gasteiger charge is -2.36. The first-order chi connectivity index (χ1) is 21.0. The number of ether oxygens (including phenoxy) is 1. The van der Waals surface area contributed by atoms with E-state index in [4.69, 9.17) is 8.85 Å². The highest BCUT2D eigenvalue weighted by atomic mass is 32.2. The molecule has 1 saturated heterocycles. The Balaban J connectivity index is 1.57. The maximum atomic E-state index is 14.6. The number of carbonyl (C=O) groups excluding carboxylic acids is 1. The quantitative estimate of drug-likeness (QED) is 0.321. The number of amides is 1. The van der Waals surface area contributed by atoms with Crippen molar-refractivity contribution in [3.8, 4) is 11.1 Å². The van der Waals surface area contributed by atoms with Gasteiger partial charge in [-0.05, 0) is 62.2 Å². The van der Waals surface area contributed by atoms with Crippen LogP contribution in [-0.4, -0.2) is 65.7 Å². The number of halogens is 2. The topological polar surface area (TPSA) is 115 Å². The van der Waals surface area contributed by atoms with Gasteiger partial charge >= 0.3 is 6.09 Å². The summed E-state index contributed by atoms with van der Waals surface area (Å²) in [4.78, 5) is 36.0. The van der Waals surface area contributed by atoms with Crippen molar-refractivity contribution in [1.82, 2.24) is 19.4 Å². The fraction of sp³-hybridized carbons (Fsp3) is 0.310. The van der Waals surface area contributed by atoms with E-state index in [-0.39, 0.29) is 5.56 Å². The van der Waals surface area contributed by atoms with Crippen molar-refractivity contribution < 1.29 is 30.8 Å². The van der Waals surface area contributed by atoms with Crippen LogP contribution in [0, 0.1) is 11.6 Å². The number of fused-ring (bicyclic) bond motifs is 1.